The van der Waals surface area contributed by atoms with Gasteiger partial charge in [-0.25, -0.2) is 0 Å². The predicted molar refractivity (Wildman–Crippen MR) is 89.0 cm³/mol. The zero-order valence-electron chi connectivity index (χ0n) is 14.1. The molecule has 0 spiro atoms. The Hall–Kier alpha value is -0.860. The molecule has 0 aliphatic rings. The predicted octanol–water partition coefficient (Wildman–Crippen LogP) is 3.96. The molecule has 1 aromatic carbocycles. The number of hydrogen-bond acceptors (Lipinski definition) is 2. The highest BCUT2D eigenvalue weighted by atomic mass is 15.1. The van der Waals surface area contributed by atoms with Crippen LogP contribution in [0.3, 0.4) is 0 Å². The molecule has 1 atom stereocenters. The zero-order valence-corrected chi connectivity index (χ0v) is 14.1. The molecule has 0 saturated carbocycles. The Morgan fingerprint density at radius 1 is 1.10 bits per heavy atom. The third kappa shape index (κ3) is 4.92. The van der Waals surface area contributed by atoms with Gasteiger partial charge in [0.2, 0.25) is 0 Å². The van der Waals surface area contributed by atoms with Gasteiger partial charge in [-0.05, 0) is 42.5 Å². The van der Waals surface area contributed by atoms with Crippen LogP contribution in [0.5, 0.6) is 0 Å². The maximum Gasteiger partial charge on any atom is 0.0467 e. The van der Waals surface area contributed by atoms with Crippen molar-refractivity contribution < 1.29 is 0 Å². The molecule has 0 fully saturated rings. The SMILES string of the molecule is CC(C)CCN(C)C(CN)c1ccc(C(C)(C)C)cc1. The second kappa shape index (κ2) is 7.24. The molecule has 2 N–H and O–H groups in total. The van der Waals surface area contributed by atoms with Crippen LogP contribution >= 0.6 is 0 Å². The number of benzene rings is 1. The van der Waals surface area contributed by atoms with Crippen molar-refractivity contribution in [2.75, 3.05) is 20.1 Å². The Bertz CT molecular complexity index is 387. The summed E-state index contributed by atoms with van der Waals surface area (Å²) in [6.45, 7) is 13.0. The first-order valence-electron chi connectivity index (χ1n) is 7.76. The number of nitrogens with two attached hydrogens (primary N) is 1. The topological polar surface area (TPSA) is 29.3 Å². The van der Waals surface area contributed by atoms with E-state index in [9.17, 15) is 0 Å². The fourth-order valence-electron chi connectivity index (χ4n) is 2.39. The van der Waals surface area contributed by atoms with E-state index in [0.29, 0.717) is 12.6 Å². The summed E-state index contributed by atoms with van der Waals surface area (Å²) in [6, 6.07) is 9.29. The van der Waals surface area contributed by atoms with Crippen LogP contribution in [0.2, 0.25) is 0 Å². The lowest BCUT2D eigenvalue weighted by molar-refractivity contribution is 0.236. The summed E-state index contributed by atoms with van der Waals surface area (Å²) in [5, 5.41) is 0. The average Bonchev–Trinajstić information content (AvgIpc) is 2.37. The standard InChI is InChI=1S/C18H32N2/c1-14(2)11-12-20(6)17(13-19)15-7-9-16(10-8-15)18(3,4)5/h7-10,14,17H,11-13,19H2,1-6H3. The van der Waals surface area contributed by atoms with Gasteiger partial charge in [-0.1, -0.05) is 58.9 Å². The highest BCUT2D eigenvalue weighted by molar-refractivity contribution is 5.29. The summed E-state index contributed by atoms with van der Waals surface area (Å²) >= 11 is 0. The Labute approximate surface area is 125 Å². The minimum atomic E-state index is 0.209. The molecule has 0 aliphatic heterocycles. The van der Waals surface area contributed by atoms with Crippen molar-refractivity contribution in [2.45, 2.75) is 52.5 Å². The van der Waals surface area contributed by atoms with Gasteiger partial charge in [-0.3, -0.25) is 4.90 Å². The van der Waals surface area contributed by atoms with E-state index in [0.717, 1.165) is 12.5 Å². The van der Waals surface area contributed by atoms with Crippen LogP contribution in [-0.4, -0.2) is 25.0 Å². The van der Waals surface area contributed by atoms with E-state index in [4.69, 9.17) is 5.73 Å². The first kappa shape index (κ1) is 17.2. The molecule has 1 rings (SSSR count). The van der Waals surface area contributed by atoms with E-state index < -0.39 is 0 Å². The van der Waals surface area contributed by atoms with Crippen molar-refractivity contribution >= 4 is 0 Å². The van der Waals surface area contributed by atoms with E-state index >= 15 is 0 Å². The number of likely N-dealkylation sites (N-methyl/N-ethyl adjacent to an activating group) is 1. The maximum atomic E-state index is 5.99. The van der Waals surface area contributed by atoms with Crippen molar-refractivity contribution in [3.05, 3.63) is 35.4 Å². The molecule has 1 unspecified atom stereocenters. The number of hydrogen-bond donors (Lipinski definition) is 1. The van der Waals surface area contributed by atoms with Gasteiger partial charge < -0.3 is 5.73 Å². The summed E-state index contributed by atoms with van der Waals surface area (Å²) in [7, 11) is 2.18. The maximum absolute atomic E-state index is 5.99. The van der Waals surface area contributed by atoms with Gasteiger partial charge in [0.15, 0.2) is 0 Å². The monoisotopic (exact) mass is 276 g/mol. The Balaban J connectivity index is 2.79. The van der Waals surface area contributed by atoms with Crippen LogP contribution in [0, 0.1) is 5.92 Å². The van der Waals surface area contributed by atoms with Crippen LogP contribution in [0.15, 0.2) is 24.3 Å². The molecule has 1 aromatic rings. The molecule has 0 bridgehead atoms. The molecule has 0 saturated heterocycles. The summed E-state index contributed by atoms with van der Waals surface area (Å²) in [4.78, 5) is 2.38. The van der Waals surface area contributed by atoms with Crippen molar-refractivity contribution in [2.24, 2.45) is 11.7 Å². The Morgan fingerprint density at radius 2 is 1.65 bits per heavy atom. The fourth-order valence-corrected chi connectivity index (χ4v) is 2.39. The van der Waals surface area contributed by atoms with Crippen LogP contribution in [-0.2, 0) is 5.41 Å². The van der Waals surface area contributed by atoms with Gasteiger partial charge in [0.1, 0.15) is 0 Å². The zero-order chi connectivity index (χ0) is 15.3. The van der Waals surface area contributed by atoms with E-state index in [1.165, 1.54) is 17.5 Å². The molecular weight excluding hydrogens is 244 g/mol. The van der Waals surface area contributed by atoms with Gasteiger partial charge >= 0.3 is 0 Å². The van der Waals surface area contributed by atoms with Crippen LogP contribution in [0.1, 0.15) is 58.2 Å². The Morgan fingerprint density at radius 3 is 2.05 bits per heavy atom. The highest BCUT2D eigenvalue weighted by Gasteiger charge is 2.17. The molecule has 20 heavy (non-hydrogen) atoms. The van der Waals surface area contributed by atoms with Gasteiger partial charge in [0.25, 0.3) is 0 Å². The molecule has 0 amide bonds. The molecule has 0 aliphatic carbocycles. The normalized spacial score (nSPS) is 14.1. The molecule has 114 valence electrons. The fraction of sp³-hybridized carbons (Fsp3) is 0.667. The van der Waals surface area contributed by atoms with Crippen molar-refractivity contribution in [3.63, 3.8) is 0 Å². The lowest BCUT2D eigenvalue weighted by Gasteiger charge is -2.28. The Kier molecular flexibility index (Phi) is 6.22. The third-order valence-electron chi connectivity index (χ3n) is 3.98. The van der Waals surface area contributed by atoms with Crippen molar-refractivity contribution in [1.82, 2.24) is 4.90 Å². The molecule has 0 heterocycles. The first-order valence-corrected chi connectivity index (χ1v) is 7.76. The minimum absolute atomic E-state index is 0.209. The van der Waals surface area contributed by atoms with Crippen molar-refractivity contribution in [1.29, 1.82) is 0 Å². The minimum Gasteiger partial charge on any atom is -0.329 e. The molecule has 0 radical (unpaired) electrons. The molecule has 2 heteroatoms. The second-order valence-corrected chi connectivity index (χ2v) is 7.29. The van der Waals surface area contributed by atoms with E-state index in [-0.39, 0.29) is 5.41 Å². The molecule has 0 aromatic heterocycles. The van der Waals surface area contributed by atoms with Gasteiger partial charge in [0, 0.05) is 12.6 Å². The largest absolute Gasteiger partial charge is 0.329 e. The highest BCUT2D eigenvalue weighted by Crippen LogP contribution is 2.25. The van der Waals surface area contributed by atoms with Gasteiger partial charge in [-0.15, -0.1) is 0 Å². The quantitative estimate of drug-likeness (QED) is 0.852. The summed E-state index contributed by atoms with van der Waals surface area (Å²) < 4.78 is 0. The molecular formula is C18H32N2. The number of nitrogens with zero attached hydrogens (tertiary/aromatic N) is 1. The van der Waals surface area contributed by atoms with Crippen LogP contribution < -0.4 is 5.73 Å². The lowest BCUT2D eigenvalue weighted by Crippen LogP contribution is -2.31. The second-order valence-electron chi connectivity index (χ2n) is 7.29. The summed E-state index contributed by atoms with van der Waals surface area (Å²) in [5.41, 5.74) is 8.91. The van der Waals surface area contributed by atoms with E-state index in [1.807, 2.05) is 0 Å². The average molecular weight is 276 g/mol. The van der Waals surface area contributed by atoms with Gasteiger partial charge in [-0.2, -0.15) is 0 Å². The lowest BCUT2D eigenvalue weighted by atomic mass is 9.86. The summed E-state index contributed by atoms with van der Waals surface area (Å²) in [5.74, 6) is 0.735. The smallest absolute Gasteiger partial charge is 0.0467 e. The van der Waals surface area contributed by atoms with E-state index in [2.05, 4.69) is 70.8 Å². The van der Waals surface area contributed by atoms with E-state index in [1.54, 1.807) is 0 Å². The van der Waals surface area contributed by atoms with Gasteiger partial charge in [0.05, 0.1) is 0 Å². The molecule has 2 nitrogen and oxygen atoms in total. The van der Waals surface area contributed by atoms with Crippen molar-refractivity contribution in [3.8, 4) is 0 Å². The number of rotatable bonds is 6. The third-order valence-corrected chi connectivity index (χ3v) is 3.98. The first-order chi connectivity index (χ1) is 9.25. The van der Waals surface area contributed by atoms with Crippen LogP contribution in [0.25, 0.3) is 0 Å². The summed E-state index contributed by atoms with van der Waals surface area (Å²) in [6.07, 6.45) is 1.22. The van der Waals surface area contributed by atoms with Crippen LogP contribution in [0.4, 0.5) is 0 Å².